The molecule has 1 aromatic carbocycles. The van der Waals surface area contributed by atoms with Gasteiger partial charge in [0.25, 0.3) is 0 Å². The van der Waals surface area contributed by atoms with Crippen molar-refractivity contribution in [2.75, 3.05) is 19.9 Å². The molecule has 3 atom stereocenters. The molecule has 0 saturated carbocycles. The highest BCUT2D eigenvalue weighted by molar-refractivity contribution is 5.82. The third kappa shape index (κ3) is 2.87. The third-order valence-electron chi connectivity index (χ3n) is 4.39. The first-order chi connectivity index (χ1) is 10.3. The van der Waals surface area contributed by atoms with E-state index in [0.29, 0.717) is 26.6 Å². The van der Waals surface area contributed by atoms with E-state index < -0.39 is 0 Å². The Morgan fingerprint density at radius 2 is 2.19 bits per heavy atom. The Morgan fingerprint density at radius 1 is 1.38 bits per heavy atom. The quantitative estimate of drug-likeness (QED) is 0.595. The van der Waals surface area contributed by atoms with Crippen molar-refractivity contribution in [2.45, 2.75) is 19.1 Å². The summed E-state index contributed by atoms with van der Waals surface area (Å²) in [5, 5.41) is 0. The molecule has 2 heterocycles. The van der Waals surface area contributed by atoms with Crippen LogP contribution < -0.4 is 0 Å². The zero-order chi connectivity index (χ0) is 14.7. The van der Waals surface area contributed by atoms with Gasteiger partial charge in [0.05, 0.1) is 19.3 Å². The SMILES string of the molecule is C=C[C@@H]1C(CCOCc2ccccc2)C(=O)N2COC[C@@H]12. The van der Waals surface area contributed by atoms with Crippen LogP contribution in [0.1, 0.15) is 12.0 Å². The molecule has 2 saturated heterocycles. The molecular formula is C17H21NO3. The molecule has 1 unspecified atom stereocenters. The molecule has 3 rings (SSSR count). The maximum absolute atomic E-state index is 12.4. The van der Waals surface area contributed by atoms with Crippen molar-refractivity contribution in [3.63, 3.8) is 0 Å². The van der Waals surface area contributed by atoms with E-state index in [-0.39, 0.29) is 23.8 Å². The van der Waals surface area contributed by atoms with Crippen molar-refractivity contribution in [2.24, 2.45) is 11.8 Å². The van der Waals surface area contributed by atoms with E-state index in [0.717, 1.165) is 12.0 Å². The Morgan fingerprint density at radius 3 is 2.95 bits per heavy atom. The minimum Gasteiger partial charge on any atom is -0.377 e. The Labute approximate surface area is 125 Å². The predicted octanol–water partition coefficient (Wildman–Crippen LogP) is 2.21. The highest BCUT2D eigenvalue weighted by Gasteiger charge is 2.48. The van der Waals surface area contributed by atoms with E-state index in [1.165, 1.54) is 0 Å². The molecular weight excluding hydrogens is 266 g/mol. The summed E-state index contributed by atoms with van der Waals surface area (Å²) in [5.41, 5.74) is 1.16. The fraction of sp³-hybridized carbons (Fsp3) is 0.471. The maximum Gasteiger partial charge on any atom is 0.228 e. The zero-order valence-electron chi connectivity index (χ0n) is 12.1. The Balaban J connectivity index is 1.50. The largest absolute Gasteiger partial charge is 0.377 e. The topological polar surface area (TPSA) is 38.8 Å². The highest BCUT2D eigenvalue weighted by Crippen LogP contribution is 2.36. The second-order valence-corrected chi connectivity index (χ2v) is 5.62. The first-order valence-electron chi connectivity index (χ1n) is 7.43. The minimum absolute atomic E-state index is 0.00725. The first-order valence-corrected chi connectivity index (χ1v) is 7.43. The molecule has 2 aliphatic rings. The number of nitrogens with zero attached hydrogens (tertiary/aromatic N) is 1. The summed E-state index contributed by atoms with van der Waals surface area (Å²) in [4.78, 5) is 14.2. The predicted molar refractivity (Wildman–Crippen MR) is 79.3 cm³/mol. The Kier molecular flexibility index (Phi) is 4.36. The molecule has 0 spiro atoms. The number of hydrogen-bond acceptors (Lipinski definition) is 3. The summed E-state index contributed by atoms with van der Waals surface area (Å²) in [5.74, 6) is 0.359. The van der Waals surface area contributed by atoms with Crippen molar-refractivity contribution >= 4 is 5.91 Å². The van der Waals surface area contributed by atoms with Crippen LogP contribution in [0.25, 0.3) is 0 Å². The van der Waals surface area contributed by atoms with Gasteiger partial charge in [0.15, 0.2) is 0 Å². The molecule has 0 radical (unpaired) electrons. The molecule has 4 nitrogen and oxygen atoms in total. The average Bonchev–Trinajstić information content (AvgIpc) is 3.08. The van der Waals surface area contributed by atoms with Crippen LogP contribution in [0.4, 0.5) is 0 Å². The molecule has 2 aliphatic heterocycles. The summed E-state index contributed by atoms with van der Waals surface area (Å²) in [6.45, 7) is 6.13. The lowest BCUT2D eigenvalue weighted by Gasteiger charge is -2.16. The molecule has 21 heavy (non-hydrogen) atoms. The zero-order valence-corrected chi connectivity index (χ0v) is 12.1. The van der Waals surface area contributed by atoms with Crippen LogP contribution in [-0.4, -0.2) is 36.8 Å². The molecule has 4 heteroatoms. The van der Waals surface area contributed by atoms with Crippen molar-refractivity contribution in [1.29, 1.82) is 0 Å². The molecule has 2 fully saturated rings. The smallest absolute Gasteiger partial charge is 0.228 e. The van der Waals surface area contributed by atoms with E-state index in [1.54, 1.807) is 0 Å². The maximum atomic E-state index is 12.4. The number of fused-ring (bicyclic) bond motifs is 1. The van der Waals surface area contributed by atoms with E-state index in [9.17, 15) is 4.79 Å². The van der Waals surface area contributed by atoms with Crippen molar-refractivity contribution < 1.29 is 14.3 Å². The molecule has 0 aliphatic carbocycles. The summed E-state index contributed by atoms with van der Waals surface area (Å²) < 4.78 is 11.1. The van der Waals surface area contributed by atoms with Gasteiger partial charge in [-0.05, 0) is 12.0 Å². The van der Waals surface area contributed by atoms with Crippen LogP contribution in [0.3, 0.4) is 0 Å². The second kappa shape index (κ2) is 6.41. The summed E-state index contributed by atoms with van der Waals surface area (Å²) in [6, 6.07) is 10.3. The number of hydrogen-bond donors (Lipinski definition) is 0. The second-order valence-electron chi connectivity index (χ2n) is 5.62. The molecule has 0 N–H and O–H groups in total. The Bertz CT molecular complexity index is 502. The van der Waals surface area contributed by atoms with E-state index >= 15 is 0 Å². The van der Waals surface area contributed by atoms with Crippen LogP contribution >= 0.6 is 0 Å². The van der Waals surface area contributed by atoms with E-state index in [2.05, 4.69) is 6.58 Å². The highest BCUT2D eigenvalue weighted by atomic mass is 16.5. The summed E-state index contributed by atoms with van der Waals surface area (Å²) in [6.07, 6.45) is 2.65. The molecule has 1 amide bonds. The lowest BCUT2D eigenvalue weighted by Crippen LogP contribution is -2.30. The summed E-state index contributed by atoms with van der Waals surface area (Å²) in [7, 11) is 0. The van der Waals surface area contributed by atoms with Crippen LogP contribution in [0.5, 0.6) is 0 Å². The van der Waals surface area contributed by atoms with Gasteiger partial charge in [-0.15, -0.1) is 6.58 Å². The number of ether oxygens (including phenoxy) is 2. The van der Waals surface area contributed by atoms with Crippen molar-refractivity contribution in [3.05, 3.63) is 48.6 Å². The number of benzene rings is 1. The van der Waals surface area contributed by atoms with E-state index in [4.69, 9.17) is 9.47 Å². The van der Waals surface area contributed by atoms with Crippen LogP contribution in [0.2, 0.25) is 0 Å². The first kappa shape index (κ1) is 14.3. The molecule has 1 aromatic rings. The number of carbonyl (C=O) groups is 1. The lowest BCUT2D eigenvalue weighted by molar-refractivity contribution is -0.133. The molecule has 112 valence electrons. The summed E-state index contributed by atoms with van der Waals surface area (Å²) >= 11 is 0. The van der Waals surface area contributed by atoms with Gasteiger partial charge in [-0.2, -0.15) is 0 Å². The Hall–Kier alpha value is -1.65. The van der Waals surface area contributed by atoms with Crippen LogP contribution in [0.15, 0.2) is 43.0 Å². The van der Waals surface area contributed by atoms with Crippen molar-refractivity contribution in [1.82, 2.24) is 4.90 Å². The normalized spacial score (nSPS) is 27.9. The van der Waals surface area contributed by atoms with Crippen LogP contribution in [-0.2, 0) is 20.9 Å². The average molecular weight is 287 g/mol. The van der Waals surface area contributed by atoms with Gasteiger partial charge in [0, 0.05) is 18.4 Å². The van der Waals surface area contributed by atoms with E-state index in [1.807, 2.05) is 41.3 Å². The molecule has 0 aromatic heterocycles. The third-order valence-corrected chi connectivity index (χ3v) is 4.39. The van der Waals surface area contributed by atoms with Crippen molar-refractivity contribution in [3.8, 4) is 0 Å². The lowest BCUT2D eigenvalue weighted by atomic mass is 9.88. The number of amides is 1. The van der Waals surface area contributed by atoms with Crippen LogP contribution in [0, 0.1) is 11.8 Å². The van der Waals surface area contributed by atoms with Gasteiger partial charge in [0.1, 0.15) is 6.73 Å². The molecule has 0 bridgehead atoms. The minimum atomic E-state index is -0.00725. The number of carbonyl (C=O) groups excluding carboxylic acids is 1. The fourth-order valence-corrected chi connectivity index (χ4v) is 3.26. The standard InChI is InChI=1S/C17H21NO3/c1-2-14-15(17(19)18-12-21-11-16(14)18)8-9-20-10-13-6-4-3-5-7-13/h2-7,14-16H,1,8-12H2/t14-,15?,16+/m1/s1. The fourth-order valence-electron chi connectivity index (χ4n) is 3.26. The van der Waals surface area contributed by atoms with Gasteiger partial charge in [-0.1, -0.05) is 36.4 Å². The van der Waals surface area contributed by atoms with Gasteiger partial charge in [-0.3, -0.25) is 4.79 Å². The van der Waals surface area contributed by atoms with Gasteiger partial charge in [-0.25, -0.2) is 0 Å². The number of rotatable bonds is 6. The van der Waals surface area contributed by atoms with Gasteiger partial charge >= 0.3 is 0 Å². The monoisotopic (exact) mass is 287 g/mol. The van der Waals surface area contributed by atoms with Gasteiger partial charge < -0.3 is 14.4 Å². The van der Waals surface area contributed by atoms with Gasteiger partial charge in [0.2, 0.25) is 5.91 Å².